The maximum Gasteiger partial charge on any atom is 0.274 e. The van der Waals surface area contributed by atoms with Gasteiger partial charge in [0.15, 0.2) is 0 Å². The van der Waals surface area contributed by atoms with E-state index in [1.165, 1.54) is 36.5 Å². The monoisotopic (exact) mass is 255 g/mol. The lowest BCUT2D eigenvalue weighted by atomic mass is 10.2. The van der Waals surface area contributed by atoms with Crippen molar-refractivity contribution < 1.29 is 9.18 Å². The van der Waals surface area contributed by atoms with Gasteiger partial charge in [-0.25, -0.2) is 9.37 Å². The summed E-state index contributed by atoms with van der Waals surface area (Å²) < 4.78 is 12.9. The van der Waals surface area contributed by atoms with Crippen LogP contribution in [0.2, 0.25) is 0 Å². The molecule has 0 atom stereocenters. The molecule has 0 radical (unpaired) electrons. The number of nitrogens with one attached hydrogen (secondary N) is 1. The van der Waals surface area contributed by atoms with Crippen molar-refractivity contribution in [1.82, 2.24) is 4.98 Å². The first-order valence-electron chi connectivity index (χ1n) is 5.54. The summed E-state index contributed by atoms with van der Waals surface area (Å²) in [6, 6.07) is 9.00. The lowest BCUT2D eigenvalue weighted by molar-refractivity contribution is 0.102. The highest BCUT2D eigenvalue weighted by Crippen LogP contribution is 2.16. The highest BCUT2D eigenvalue weighted by molar-refractivity contribution is 6.03. The molecule has 4 nitrogen and oxygen atoms in total. The fraction of sp³-hybridized carbons (Fsp3) is 0.0714. The molecule has 5 heteroatoms. The zero-order chi connectivity index (χ0) is 13.8. The average Bonchev–Trinajstić information content (AvgIpc) is 2.42. The summed E-state index contributed by atoms with van der Waals surface area (Å²) in [4.78, 5) is 15.8. The molecule has 2 rings (SSSR count). The fourth-order valence-corrected chi connectivity index (χ4v) is 1.55. The lowest BCUT2D eigenvalue weighted by Crippen LogP contribution is -2.14. The molecular weight excluding hydrogens is 245 g/mol. The summed E-state index contributed by atoms with van der Waals surface area (Å²) in [7, 11) is 0. The molecule has 0 unspecified atom stereocenters. The standard InChI is InChI=1S/C14H10FN3O/c1-9-6-11(15)3-5-12(9)18-14(19)13-4-2-10(7-16)8-17-13/h2-6,8H,1H3,(H,18,19). The molecule has 2 aromatic rings. The van der Waals surface area contributed by atoms with E-state index in [4.69, 9.17) is 5.26 Å². The maximum atomic E-state index is 12.9. The van der Waals surface area contributed by atoms with Gasteiger partial charge >= 0.3 is 0 Å². The van der Waals surface area contributed by atoms with Crippen LogP contribution in [0.1, 0.15) is 21.6 Å². The zero-order valence-corrected chi connectivity index (χ0v) is 10.1. The Bertz CT molecular complexity index is 659. The van der Waals surface area contributed by atoms with Gasteiger partial charge in [-0.1, -0.05) is 0 Å². The van der Waals surface area contributed by atoms with Crippen LogP contribution in [0.4, 0.5) is 10.1 Å². The number of hydrogen-bond acceptors (Lipinski definition) is 3. The van der Waals surface area contributed by atoms with Crippen LogP contribution in [0.5, 0.6) is 0 Å². The largest absolute Gasteiger partial charge is 0.320 e. The molecule has 1 aromatic heterocycles. The highest BCUT2D eigenvalue weighted by atomic mass is 19.1. The Labute approximate surface area is 109 Å². The maximum absolute atomic E-state index is 12.9. The summed E-state index contributed by atoms with van der Waals surface area (Å²) >= 11 is 0. The number of rotatable bonds is 2. The summed E-state index contributed by atoms with van der Waals surface area (Å²) in [5.41, 5.74) is 1.73. The van der Waals surface area contributed by atoms with Crippen molar-refractivity contribution in [3.8, 4) is 6.07 Å². The minimum Gasteiger partial charge on any atom is -0.320 e. The van der Waals surface area contributed by atoms with E-state index in [0.29, 0.717) is 16.8 Å². The van der Waals surface area contributed by atoms with Crippen molar-refractivity contribution >= 4 is 11.6 Å². The number of amides is 1. The number of benzene rings is 1. The number of carbonyl (C=O) groups is 1. The van der Waals surface area contributed by atoms with Crippen molar-refractivity contribution in [3.63, 3.8) is 0 Å². The second kappa shape index (κ2) is 5.27. The van der Waals surface area contributed by atoms with Crippen LogP contribution < -0.4 is 5.32 Å². The predicted octanol–water partition coefficient (Wildman–Crippen LogP) is 2.65. The normalized spacial score (nSPS) is 9.74. The highest BCUT2D eigenvalue weighted by Gasteiger charge is 2.09. The molecule has 0 bridgehead atoms. The van der Waals surface area contributed by atoms with Gasteiger partial charge in [0.05, 0.1) is 5.56 Å². The second-order valence-electron chi connectivity index (χ2n) is 3.96. The molecule has 0 fully saturated rings. The van der Waals surface area contributed by atoms with Gasteiger partial charge < -0.3 is 5.32 Å². The third kappa shape index (κ3) is 2.93. The Balaban J connectivity index is 2.18. The molecule has 94 valence electrons. The summed E-state index contributed by atoms with van der Waals surface area (Å²) in [5, 5.41) is 11.3. The molecule has 1 amide bonds. The van der Waals surface area contributed by atoms with Gasteiger partial charge in [-0.05, 0) is 42.8 Å². The van der Waals surface area contributed by atoms with E-state index in [0.717, 1.165) is 0 Å². The Hall–Kier alpha value is -2.74. The van der Waals surface area contributed by atoms with E-state index in [1.807, 2.05) is 6.07 Å². The van der Waals surface area contributed by atoms with Crippen LogP contribution in [0.3, 0.4) is 0 Å². The number of pyridine rings is 1. The molecule has 0 saturated carbocycles. The Morgan fingerprint density at radius 3 is 2.74 bits per heavy atom. The number of hydrogen-bond donors (Lipinski definition) is 1. The van der Waals surface area contributed by atoms with E-state index < -0.39 is 5.91 Å². The molecule has 0 saturated heterocycles. The van der Waals surface area contributed by atoms with Crippen molar-refractivity contribution in [2.75, 3.05) is 5.32 Å². The van der Waals surface area contributed by atoms with Crippen molar-refractivity contribution in [3.05, 3.63) is 59.2 Å². The first-order valence-corrected chi connectivity index (χ1v) is 5.54. The number of halogens is 1. The van der Waals surface area contributed by atoms with Gasteiger partial charge in [0.2, 0.25) is 0 Å². The van der Waals surface area contributed by atoms with Crippen LogP contribution >= 0.6 is 0 Å². The number of nitriles is 1. The molecule has 0 aliphatic carbocycles. The number of aryl methyl sites for hydroxylation is 1. The smallest absolute Gasteiger partial charge is 0.274 e. The van der Waals surface area contributed by atoms with Crippen molar-refractivity contribution in [2.45, 2.75) is 6.92 Å². The molecule has 0 spiro atoms. The fourth-order valence-electron chi connectivity index (χ4n) is 1.55. The number of carbonyl (C=O) groups excluding carboxylic acids is 1. The van der Waals surface area contributed by atoms with Crippen LogP contribution in [0, 0.1) is 24.1 Å². The number of anilines is 1. The SMILES string of the molecule is Cc1cc(F)ccc1NC(=O)c1ccc(C#N)cn1. The van der Waals surface area contributed by atoms with Crippen LogP contribution in [0.15, 0.2) is 36.5 Å². The molecule has 19 heavy (non-hydrogen) atoms. The Kier molecular flexibility index (Phi) is 3.53. The molecule has 0 aliphatic rings. The van der Waals surface area contributed by atoms with Crippen LogP contribution in [-0.2, 0) is 0 Å². The molecule has 1 heterocycles. The predicted molar refractivity (Wildman–Crippen MR) is 68.0 cm³/mol. The van der Waals surface area contributed by atoms with Gasteiger partial charge in [0, 0.05) is 11.9 Å². The van der Waals surface area contributed by atoms with Gasteiger partial charge in [0.1, 0.15) is 17.6 Å². The molecule has 1 N–H and O–H groups in total. The van der Waals surface area contributed by atoms with Crippen LogP contribution in [0.25, 0.3) is 0 Å². The minimum atomic E-state index is -0.404. The molecule has 0 aliphatic heterocycles. The van der Waals surface area contributed by atoms with Gasteiger partial charge in [0.25, 0.3) is 5.91 Å². The summed E-state index contributed by atoms with van der Waals surface area (Å²) in [6.07, 6.45) is 1.33. The first kappa shape index (κ1) is 12.7. The molecule has 1 aromatic carbocycles. The van der Waals surface area contributed by atoms with Gasteiger partial charge in [-0.2, -0.15) is 5.26 Å². The van der Waals surface area contributed by atoms with E-state index in [9.17, 15) is 9.18 Å². The van der Waals surface area contributed by atoms with E-state index in [2.05, 4.69) is 10.3 Å². The number of aromatic nitrogens is 1. The van der Waals surface area contributed by atoms with Crippen LogP contribution in [-0.4, -0.2) is 10.9 Å². The molecular formula is C14H10FN3O. The van der Waals surface area contributed by atoms with Crippen molar-refractivity contribution in [2.24, 2.45) is 0 Å². The quantitative estimate of drug-likeness (QED) is 0.897. The van der Waals surface area contributed by atoms with E-state index >= 15 is 0 Å². The second-order valence-corrected chi connectivity index (χ2v) is 3.96. The Morgan fingerprint density at radius 2 is 2.16 bits per heavy atom. The lowest BCUT2D eigenvalue weighted by Gasteiger charge is -2.07. The topological polar surface area (TPSA) is 65.8 Å². The number of nitrogens with zero attached hydrogens (tertiary/aromatic N) is 2. The first-order chi connectivity index (χ1) is 9.10. The summed E-state index contributed by atoms with van der Waals surface area (Å²) in [6.45, 7) is 1.70. The third-order valence-electron chi connectivity index (χ3n) is 2.56. The summed E-state index contributed by atoms with van der Waals surface area (Å²) in [5.74, 6) is -0.758. The Morgan fingerprint density at radius 1 is 1.37 bits per heavy atom. The van der Waals surface area contributed by atoms with Gasteiger partial charge in [-0.3, -0.25) is 4.79 Å². The van der Waals surface area contributed by atoms with Crippen molar-refractivity contribution in [1.29, 1.82) is 5.26 Å². The van der Waals surface area contributed by atoms with E-state index in [1.54, 1.807) is 6.92 Å². The van der Waals surface area contributed by atoms with Gasteiger partial charge in [-0.15, -0.1) is 0 Å². The minimum absolute atomic E-state index is 0.197. The zero-order valence-electron chi connectivity index (χ0n) is 10.1. The van der Waals surface area contributed by atoms with E-state index in [-0.39, 0.29) is 11.5 Å². The third-order valence-corrected chi connectivity index (χ3v) is 2.56. The average molecular weight is 255 g/mol.